The Morgan fingerprint density at radius 1 is 1.41 bits per heavy atom. The number of amides is 1. The van der Waals surface area contributed by atoms with Crippen molar-refractivity contribution in [3.05, 3.63) is 23.8 Å². The summed E-state index contributed by atoms with van der Waals surface area (Å²) in [6, 6.07) is 0.865. The molecule has 0 aliphatic heterocycles. The van der Waals surface area contributed by atoms with E-state index in [0.717, 1.165) is 0 Å². The molecule has 1 aromatic rings. The number of carbonyl (C=O) groups excluding carboxylic acids is 1. The van der Waals surface area contributed by atoms with Gasteiger partial charge in [-0.15, -0.1) is 0 Å². The molecule has 0 atom stereocenters. The monoisotopic (exact) mass is 285 g/mol. The quantitative estimate of drug-likeness (QED) is 0.827. The summed E-state index contributed by atoms with van der Waals surface area (Å²) in [4.78, 5) is 9.53. The van der Waals surface area contributed by atoms with Crippen molar-refractivity contribution in [1.29, 1.82) is 0 Å². The molecule has 0 saturated heterocycles. The maximum absolute atomic E-state index is 13.3. The van der Waals surface area contributed by atoms with Gasteiger partial charge in [-0.2, -0.15) is 0 Å². The zero-order valence-electron chi connectivity index (χ0n) is 8.11. The second kappa shape index (κ2) is 4.84. The molecule has 0 heterocycles. The molecular weight excluding hydrogens is 280 g/mol. The number of rotatable bonds is 4. The van der Waals surface area contributed by atoms with Gasteiger partial charge in [-0.25, -0.2) is 17.2 Å². The highest BCUT2D eigenvalue weighted by atomic mass is 35.7. The minimum absolute atomic E-state index is 0.391. The van der Waals surface area contributed by atoms with Crippen molar-refractivity contribution in [2.24, 2.45) is 5.73 Å². The van der Waals surface area contributed by atoms with Gasteiger partial charge < -0.3 is 10.5 Å². The Bertz CT molecular complexity index is 561. The first kappa shape index (κ1) is 13.7. The largest absolute Gasteiger partial charge is 0.479 e. The molecular formula is C8H6ClF2NO4S. The van der Waals surface area contributed by atoms with Gasteiger partial charge in [0, 0.05) is 16.7 Å². The van der Waals surface area contributed by atoms with Crippen molar-refractivity contribution in [2.45, 2.75) is 4.90 Å². The van der Waals surface area contributed by atoms with Gasteiger partial charge in [0.05, 0.1) is 0 Å². The number of hydrogen-bond donors (Lipinski definition) is 1. The van der Waals surface area contributed by atoms with E-state index in [0.29, 0.717) is 12.1 Å². The van der Waals surface area contributed by atoms with Gasteiger partial charge in [-0.05, 0) is 6.07 Å². The molecule has 0 aliphatic carbocycles. The molecule has 9 heteroatoms. The normalized spacial score (nSPS) is 11.2. The number of nitrogens with two attached hydrogens (primary N) is 1. The van der Waals surface area contributed by atoms with Crippen LogP contribution < -0.4 is 10.5 Å². The van der Waals surface area contributed by atoms with Gasteiger partial charge in [0.1, 0.15) is 10.7 Å². The van der Waals surface area contributed by atoms with E-state index < -0.39 is 43.8 Å². The molecule has 0 aromatic heterocycles. The predicted molar refractivity (Wildman–Crippen MR) is 54.1 cm³/mol. The summed E-state index contributed by atoms with van der Waals surface area (Å²) in [6.45, 7) is -0.762. The summed E-state index contributed by atoms with van der Waals surface area (Å²) in [6.07, 6.45) is 0. The van der Waals surface area contributed by atoms with Gasteiger partial charge in [0.15, 0.2) is 18.2 Å². The molecule has 1 amide bonds. The van der Waals surface area contributed by atoms with Crippen molar-refractivity contribution in [3.63, 3.8) is 0 Å². The molecule has 0 radical (unpaired) electrons. The van der Waals surface area contributed by atoms with E-state index in [4.69, 9.17) is 16.4 Å². The Hall–Kier alpha value is -1.41. The van der Waals surface area contributed by atoms with Crippen LogP contribution in [-0.4, -0.2) is 20.9 Å². The number of benzene rings is 1. The summed E-state index contributed by atoms with van der Waals surface area (Å²) in [5, 5.41) is 0. The van der Waals surface area contributed by atoms with Crippen molar-refractivity contribution < 1.29 is 26.7 Å². The van der Waals surface area contributed by atoms with Crippen molar-refractivity contribution in [2.75, 3.05) is 6.61 Å². The minimum Gasteiger partial charge on any atom is -0.479 e. The van der Waals surface area contributed by atoms with Crippen LogP contribution in [0.2, 0.25) is 0 Å². The smallest absolute Gasteiger partial charge is 0.265 e. The van der Waals surface area contributed by atoms with Crippen LogP contribution in [-0.2, 0) is 13.8 Å². The zero-order chi connectivity index (χ0) is 13.2. The Labute approximate surface area is 99.5 Å². The first-order valence-corrected chi connectivity index (χ1v) is 6.37. The van der Waals surface area contributed by atoms with Gasteiger partial charge in [0.25, 0.3) is 15.0 Å². The lowest BCUT2D eigenvalue weighted by atomic mass is 10.3. The molecule has 1 aromatic carbocycles. The molecule has 0 bridgehead atoms. The third-order valence-electron chi connectivity index (χ3n) is 1.60. The predicted octanol–water partition coefficient (Wildman–Crippen LogP) is 0.756. The summed E-state index contributed by atoms with van der Waals surface area (Å²) in [7, 11) is 0.554. The Morgan fingerprint density at radius 2 is 2.00 bits per heavy atom. The average molecular weight is 286 g/mol. The van der Waals surface area contributed by atoms with E-state index in [1.54, 1.807) is 0 Å². The summed E-state index contributed by atoms with van der Waals surface area (Å²) >= 11 is 0. The van der Waals surface area contributed by atoms with E-state index in [1.807, 2.05) is 0 Å². The molecule has 0 spiro atoms. The van der Waals surface area contributed by atoms with Crippen molar-refractivity contribution in [1.82, 2.24) is 0 Å². The highest BCUT2D eigenvalue weighted by molar-refractivity contribution is 8.13. The number of ether oxygens (including phenoxy) is 1. The first-order valence-electron chi connectivity index (χ1n) is 4.06. The van der Waals surface area contributed by atoms with Crippen LogP contribution in [0.1, 0.15) is 0 Å². The number of carbonyl (C=O) groups is 1. The summed E-state index contributed by atoms with van der Waals surface area (Å²) in [5.41, 5.74) is 4.74. The maximum Gasteiger partial charge on any atom is 0.265 e. The fourth-order valence-corrected chi connectivity index (χ4v) is 1.98. The van der Waals surface area contributed by atoms with E-state index in [2.05, 4.69) is 4.74 Å². The third-order valence-corrected chi connectivity index (χ3v) is 2.92. The number of hydrogen-bond acceptors (Lipinski definition) is 4. The average Bonchev–Trinajstić information content (AvgIpc) is 2.13. The lowest BCUT2D eigenvalue weighted by molar-refractivity contribution is -0.120. The maximum atomic E-state index is 13.3. The molecule has 2 N–H and O–H groups in total. The Balaban J connectivity index is 3.31. The van der Waals surface area contributed by atoms with Gasteiger partial charge >= 0.3 is 0 Å². The van der Waals surface area contributed by atoms with Crippen LogP contribution in [0, 0.1) is 11.6 Å². The summed E-state index contributed by atoms with van der Waals surface area (Å²) < 4.78 is 52.7. The molecule has 0 aliphatic rings. The first-order chi connectivity index (χ1) is 7.71. The van der Waals surface area contributed by atoms with Crippen molar-refractivity contribution >= 4 is 25.6 Å². The topological polar surface area (TPSA) is 86.5 Å². The molecule has 17 heavy (non-hydrogen) atoms. The fraction of sp³-hybridized carbons (Fsp3) is 0.125. The summed E-state index contributed by atoms with van der Waals surface area (Å²) in [5.74, 6) is -4.24. The second-order valence-electron chi connectivity index (χ2n) is 2.91. The lowest BCUT2D eigenvalue weighted by Crippen LogP contribution is -2.21. The van der Waals surface area contributed by atoms with Crippen LogP contribution in [0.25, 0.3) is 0 Å². The molecule has 94 valence electrons. The highest BCUT2D eigenvalue weighted by Gasteiger charge is 2.22. The van der Waals surface area contributed by atoms with Crippen molar-refractivity contribution in [3.8, 4) is 5.75 Å². The molecule has 0 saturated carbocycles. The van der Waals surface area contributed by atoms with Crippen LogP contribution in [0.3, 0.4) is 0 Å². The highest BCUT2D eigenvalue weighted by Crippen LogP contribution is 2.30. The van der Waals surface area contributed by atoms with E-state index in [-0.39, 0.29) is 0 Å². The zero-order valence-corrected chi connectivity index (χ0v) is 9.69. The second-order valence-corrected chi connectivity index (χ2v) is 5.44. The lowest BCUT2D eigenvalue weighted by Gasteiger charge is -2.09. The fourth-order valence-electron chi connectivity index (χ4n) is 1.00. The van der Waals surface area contributed by atoms with Crippen LogP contribution in [0.15, 0.2) is 17.0 Å². The minimum atomic E-state index is -4.41. The van der Waals surface area contributed by atoms with E-state index in [1.165, 1.54) is 0 Å². The van der Waals surface area contributed by atoms with Crippen LogP contribution in [0.4, 0.5) is 8.78 Å². The van der Waals surface area contributed by atoms with Gasteiger partial charge in [-0.1, -0.05) is 0 Å². The number of primary amides is 1. The Kier molecular flexibility index (Phi) is 3.89. The Morgan fingerprint density at radius 3 is 2.47 bits per heavy atom. The van der Waals surface area contributed by atoms with Gasteiger partial charge in [-0.3, -0.25) is 4.79 Å². The third kappa shape index (κ3) is 3.53. The molecule has 0 fully saturated rings. The van der Waals surface area contributed by atoms with E-state index >= 15 is 0 Å². The molecule has 5 nitrogen and oxygen atoms in total. The molecule has 0 unspecified atom stereocenters. The van der Waals surface area contributed by atoms with E-state index in [9.17, 15) is 22.0 Å². The SMILES string of the molecule is NC(=O)COc1c(F)cc(F)cc1S(=O)(=O)Cl. The van der Waals surface area contributed by atoms with Crippen LogP contribution >= 0.6 is 10.7 Å². The van der Waals surface area contributed by atoms with Gasteiger partial charge in [0.2, 0.25) is 0 Å². The van der Waals surface area contributed by atoms with Crippen LogP contribution in [0.5, 0.6) is 5.75 Å². The number of halogens is 3. The molecule has 1 rings (SSSR count). The standard InChI is InChI=1S/C8H6ClF2NO4S/c9-17(14,15)6-2-4(10)1-5(11)8(6)16-3-7(12)13/h1-2H,3H2,(H2,12,13).